The van der Waals surface area contributed by atoms with Crippen LogP contribution in [0.4, 0.5) is 19.7 Å². The maximum absolute atomic E-state index is 13.0. The number of carbonyl (C=O) groups excluding carboxylic acids is 2. The van der Waals surface area contributed by atoms with Crippen LogP contribution in [0.25, 0.3) is 0 Å². The van der Waals surface area contributed by atoms with Gasteiger partial charge < -0.3 is 19.9 Å². The summed E-state index contributed by atoms with van der Waals surface area (Å²) >= 11 is 5.89. The summed E-state index contributed by atoms with van der Waals surface area (Å²) in [5, 5.41) is 2.78. The van der Waals surface area contributed by atoms with Gasteiger partial charge in [0.1, 0.15) is 5.82 Å². The molecular formula is C14H17ClFN3O3. The van der Waals surface area contributed by atoms with E-state index in [-0.39, 0.29) is 11.1 Å². The lowest BCUT2D eigenvalue weighted by Crippen LogP contribution is -2.39. The van der Waals surface area contributed by atoms with Crippen molar-refractivity contribution in [3.05, 3.63) is 29.0 Å². The number of carbonyl (C=O) groups is 2. The van der Waals surface area contributed by atoms with Gasteiger partial charge in [-0.05, 0) is 24.6 Å². The van der Waals surface area contributed by atoms with Crippen LogP contribution in [0.2, 0.25) is 5.02 Å². The predicted molar refractivity (Wildman–Crippen MR) is 80.6 cm³/mol. The largest absolute Gasteiger partial charge is 0.453 e. The maximum atomic E-state index is 13.0. The van der Waals surface area contributed by atoms with E-state index in [4.69, 9.17) is 11.6 Å². The molecule has 0 saturated carbocycles. The van der Waals surface area contributed by atoms with Gasteiger partial charge in [0.15, 0.2) is 0 Å². The molecule has 0 bridgehead atoms. The predicted octanol–water partition coefficient (Wildman–Crippen LogP) is 2.79. The lowest BCUT2D eigenvalue weighted by atomic mass is 10.3. The van der Waals surface area contributed by atoms with Crippen LogP contribution in [-0.4, -0.2) is 55.2 Å². The number of hydrogen-bond donors (Lipinski definition) is 1. The van der Waals surface area contributed by atoms with Crippen LogP contribution in [0.3, 0.4) is 0 Å². The molecule has 3 amide bonds. The van der Waals surface area contributed by atoms with Crippen molar-refractivity contribution in [2.45, 2.75) is 6.42 Å². The molecule has 1 aromatic rings. The summed E-state index contributed by atoms with van der Waals surface area (Å²) in [5.74, 6) is -0.466. The van der Waals surface area contributed by atoms with Gasteiger partial charge in [-0.2, -0.15) is 0 Å². The Morgan fingerprint density at radius 1 is 1.23 bits per heavy atom. The Labute approximate surface area is 132 Å². The molecule has 1 aliphatic rings. The van der Waals surface area contributed by atoms with E-state index < -0.39 is 11.9 Å². The van der Waals surface area contributed by atoms with E-state index in [0.717, 1.165) is 6.07 Å². The molecular weight excluding hydrogens is 313 g/mol. The number of hydrogen-bond acceptors (Lipinski definition) is 3. The molecule has 1 N–H and O–H groups in total. The van der Waals surface area contributed by atoms with Gasteiger partial charge in [0.2, 0.25) is 0 Å². The highest BCUT2D eigenvalue weighted by molar-refractivity contribution is 6.33. The Bertz CT molecular complexity index is 570. The number of nitrogens with zero attached hydrogens (tertiary/aromatic N) is 2. The minimum atomic E-state index is -0.466. The normalized spacial score (nSPS) is 15.2. The summed E-state index contributed by atoms with van der Waals surface area (Å²) in [6.45, 7) is 1.84. The molecule has 2 rings (SSSR count). The Morgan fingerprint density at radius 2 is 1.91 bits per heavy atom. The summed E-state index contributed by atoms with van der Waals surface area (Å²) in [4.78, 5) is 26.9. The van der Waals surface area contributed by atoms with Crippen LogP contribution in [0.15, 0.2) is 18.2 Å². The van der Waals surface area contributed by atoms with Crippen LogP contribution >= 0.6 is 11.6 Å². The van der Waals surface area contributed by atoms with Crippen LogP contribution < -0.4 is 5.32 Å². The highest BCUT2D eigenvalue weighted by atomic mass is 35.5. The van der Waals surface area contributed by atoms with Crippen molar-refractivity contribution >= 4 is 29.4 Å². The summed E-state index contributed by atoms with van der Waals surface area (Å²) < 4.78 is 17.7. The SMILES string of the molecule is COC(=O)N1CCCN(C(=O)Nc2ccc(F)cc2Cl)CC1. The summed E-state index contributed by atoms with van der Waals surface area (Å²) in [7, 11) is 1.33. The minimum Gasteiger partial charge on any atom is -0.453 e. The Kier molecular flexibility index (Phi) is 5.43. The lowest BCUT2D eigenvalue weighted by molar-refractivity contribution is 0.125. The first kappa shape index (κ1) is 16.4. The topological polar surface area (TPSA) is 61.9 Å². The molecule has 0 unspecified atom stereocenters. The number of urea groups is 1. The van der Waals surface area contributed by atoms with Gasteiger partial charge in [0.05, 0.1) is 17.8 Å². The van der Waals surface area contributed by atoms with Crippen LogP contribution in [0.1, 0.15) is 6.42 Å². The average Bonchev–Trinajstić information content (AvgIpc) is 2.75. The monoisotopic (exact) mass is 329 g/mol. The molecule has 0 spiro atoms. The Hall–Kier alpha value is -2.02. The molecule has 1 heterocycles. The van der Waals surface area contributed by atoms with Crippen molar-refractivity contribution in [3.63, 3.8) is 0 Å². The molecule has 22 heavy (non-hydrogen) atoms. The fourth-order valence-corrected chi connectivity index (χ4v) is 2.43. The van der Waals surface area contributed by atoms with Crippen molar-refractivity contribution in [1.29, 1.82) is 0 Å². The molecule has 0 atom stereocenters. The second-order valence-corrected chi connectivity index (χ2v) is 5.26. The number of amides is 3. The van der Waals surface area contributed by atoms with Crippen molar-refractivity contribution < 1.29 is 18.7 Å². The van der Waals surface area contributed by atoms with E-state index in [0.29, 0.717) is 38.3 Å². The molecule has 1 aliphatic heterocycles. The minimum absolute atomic E-state index is 0.138. The quantitative estimate of drug-likeness (QED) is 0.861. The van der Waals surface area contributed by atoms with E-state index in [9.17, 15) is 14.0 Å². The zero-order valence-corrected chi connectivity index (χ0v) is 12.9. The van der Waals surface area contributed by atoms with Crippen molar-refractivity contribution in [3.8, 4) is 0 Å². The van der Waals surface area contributed by atoms with Gasteiger partial charge in [-0.1, -0.05) is 11.6 Å². The molecule has 0 aliphatic carbocycles. The van der Waals surface area contributed by atoms with Crippen LogP contribution in [0, 0.1) is 5.82 Å². The number of nitrogens with one attached hydrogen (secondary N) is 1. The number of ether oxygens (including phenoxy) is 1. The van der Waals surface area contributed by atoms with Gasteiger partial charge in [-0.3, -0.25) is 0 Å². The van der Waals surface area contributed by atoms with E-state index in [2.05, 4.69) is 10.1 Å². The van der Waals surface area contributed by atoms with E-state index in [1.165, 1.54) is 19.2 Å². The number of rotatable bonds is 1. The third-order valence-corrected chi connectivity index (χ3v) is 3.70. The fourth-order valence-electron chi connectivity index (χ4n) is 2.22. The average molecular weight is 330 g/mol. The van der Waals surface area contributed by atoms with Gasteiger partial charge >= 0.3 is 12.1 Å². The van der Waals surface area contributed by atoms with Crippen LogP contribution in [0.5, 0.6) is 0 Å². The van der Waals surface area contributed by atoms with Crippen molar-refractivity contribution in [2.75, 3.05) is 38.6 Å². The molecule has 6 nitrogen and oxygen atoms in total. The molecule has 120 valence electrons. The van der Waals surface area contributed by atoms with Gasteiger partial charge in [-0.25, -0.2) is 14.0 Å². The van der Waals surface area contributed by atoms with E-state index in [1.54, 1.807) is 9.80 Å². The number of anilines is 1. The molecule has 0 aromatic heterocycles. The van der Waals surface area contributed by atoms with Crippen LogP contribution in [-0.2, 0) is 4.74 Å². The van der Waals surface area contributed by atoms with Gasteiger partial charge in [0, 0.05) is 26.2 Å². The first-order valence-electron chi connectivity index (χ1n) is 6.85. The molecule has 1 aromatic carbocycles. The summed E-state index contributed by atoms with van der Waals surface area (Å²) in [6.07, 6.45) is 0.253. The zero-order valence-electron chi connectivity index (χ0n) is 12.1. The fraction of sp³-hybridized carbons (Fsp3) is 0.429. The number of benzene rings is 1. The first-order valence-corrected chi connectivity index (χ1v) is 7.23. The summed E-state index contributed by atoms with van der Waals surface area (Å²) in [6, 6.07) is 3.44. The van der Waals surface area contributed by atoms with Crippen molar-refractivity contribution in [1.82, 2.24) is 9.80 Å². The van der Waals surface area contributed by atoms with Gasteiger partial charge in [0.25, 0.3) is 0 Å². The second-order valence-electron chi connectivity index (χ2n) is 4.85. The maximum Gasteiger partial charge on any atom is 0.409 e. The van der Waals surface area contributed by atoms with E-state index in [1.807, 2.05) is 0 Å². The highest BCUT2D eigenvalue weighted by Gasteiger charge is 2.22. The molecule has 0 radical (unpaired) electrons. The Balaban J connectivity index is 1.96. The molecule has 8 heteroatoms. The zero-order chi connectivity index (χ0) is 16.1. The molecule has 1 saturated heterocycles. The van der Waals surface area contributed by atoms with Gasteiger partial charge in [-0.15, -0.1) is 0 Å². The smallest absolute Gasteiger partial charge is 0.409 e. The summed E-state index contributed by atoms with van der Waals surface area (Å²) in [5.41, 5.74) is 0.349. The standard InChI is InChI=1S/C14H17ClFN3O3/c1-22-14(21)19-6-2-5-18(7-8-19)13(20)17-12-4-3-10(16)9-11(12)15/h3-4,9H,2,5-8H2,1H3,(H,17,20). The number of methoxy groups -OCH3 is 1. The van der Waals surface area contributed by atoms with E-state index >= 15 is 0 Å². The lowest BCUT2D eigenvalue weighted by Gasteiger charge is -2.22. The third-order valence-electron chi connectivity index (χ3n) is 3.39. The molecule has 1 fully saturated rings. The number of halogens is 2. The van der Waals surface area contributed by atoms with Crippen molar-refractivity contribution in [2.24, 2.45) is 0 Å². The third kappa shape index (κ3) is 4.00. The first-order chi connectivity index (χ1) is 10.5. The Morgan fingerprint density at radius 3 is 2.59 bits per heavy atom. The highest BCUT2D eigenvalue weighted by Crippen LogP contribution is 2.22. The second kappa shape index (κ2) is 7.31.